The van der Waals surface area contributed by atoms with Gasteiger partial charge in [-0.15, -0.1) is 0 Å². The number of ether oxygens (including phenoxy) is 1. The Morgan fingerprint density at radius 1 is 1.22 bits per heavy atom. The molecule has 0 bridgehead atoms. The zero-order valence-electron chi connectivity index (χ0n) is 18.0. The molecule has 1 saturated carbocycles. The van der Waals surface area contributed by atoms with Gasteiger partial charge < -0.3 is 9.84 Å². The molecule has 2 aliphatic rings. The van der Waals surface area contributed by atoms with Gasteiger partial charge in [0.25, 0.3) is 0 Å². The summed E-state index contributed by atoms with van der Waals surface area (Å²) in [6.07, 6.45) is 5.20. The van der Waals surface area contributed by atoms with E-state index in [4.69, 9.17) is 4.74 Å². The molecule has 7 heteroatoms. The van der Waals surface area contributed by atoms with Crippen LogP contribution in [0, 0.1) is 18.6 Å². The van der Waals surface area contributed by atoms with Crippen LogP contribution in [0.3, 0.4) is 0 Å². The first kappa shape index (κ1) is 21.1. The molecule has 2 heterocycles. The van der Waals surface area contributed by atoms with Crippen LogP contribution in [-0.2, 0) is 14.9 Å². The van der Waals surface area contributed by atoms with Crippen LogP contribution >= 0.6 is 0 Å². The predicted octanol–water partition coefficient (Wildman–Crippen LogP) is 5.61. The van der Waals surface area contributed by atoms with Crippen LogP contribution in [0.5, 0.6) is 0 Å². The number of carboxylic acid groups (broad SMARTS) is 1. The van der Waals surface area contributed by atoms with Gasteiger partial charge in [-0.2, -0.15) is 5.10 Å². The molecule has 2 fully saturated rings. The van der Waals surface area contributed by atoms with Crippen molar-refractivity contribution in [3.63, 3.8) is 0 Å². The minimum atomic E-state index is -1.23. The minimum absolute atomic E-state index is 0.225. The fourth-order valence-electron chi connectivity index (χ4n) is 5.56. The highest BCUT2D eigenvalue weighted by Crippen LogP contribution is 2.50. The van der Waals surface area contributed by atoms with Crippen molar-refractivity contribution in [2.45, 2.75) is 63.0 Å². The van der Waals surface area contributed by atoms with Gasteiger partial charge in [-0.05, 0) is 74.1 Å². The van der Waals surface area contributed by atoms with Gasteiger partial charge in [0.05, 0.1) is 11.6 Å². The third-order valence-electron chi connectivity index (χ3n) is 7.30. The molecule has 1 saturated heterocycles. The van der Waals surface area contributed by atoms with Crippen LogP contribution in [0.25, 0.3) is 10.9 Å². The summed E-state index contributed by atoms with van der Waals surface area (Å²) in [6, 6.07) is 8.15. The molecule has 0 radical (unpaired) electrons. The second-order valence-electron chi connectivity index (χ2n) is 9.06. The summed E-state index contributed by atoms with van der Waals surface area (Å²) >= 11 is 0. The van der Waals surface area contributed by atoms with E-state index >= 15 is 4.39 Å². The number of aliphatic carboxylic acids is 1. The number of halogens is 2. The van der Waals surface area contributed by atoms with Crippen molar-refractivity contribution in [1.29, 1.82) is 0 Å². The quantitative estimate of drug-likeness (QED) is 0.573. The maximum absolute atomic E-state index is 15.8. The fraction of sp³-hybridized carbons (Fsp3) is 0.440. The fourth-order valence-corrected chi connectivity index (χ4v) is 5.56. The molecule has 3 atom stereocenters. The molecule has 1 aliphatic heterocycles. The van der Waals surface area contributed by atoms with Crippen LogP contribution in [0.1, 0.15) is 67.4 Å². The molecule has 1 unspecified atom stereocenters. The Morgan fingerprint density at radius 3 is 2.81 bits per heavy atom. The Bertz CT molecular complexity index is 1190. The summed E-state index contributed by atoms with van der Waals surface area (Å²) in [4.78, 5) is 12.4. The van der Waals surface area contributed by atoms with E-state index < -0.39 is 17.2 Å². The predicted molar refractivity (Wildman–Crippen MR) is 116 cm³/mol. The van der Waals surface area contributed by atoms with Gasteiger partial charge in [-0.25, -0.2) is 13.5 Å². The third kappa shape index (κ3) is 3.22. The number of nitrogens with zero attached hydrogens (tertiary/aromatic N) is 2. The number of aromatic nitrogens is 2. The Morgan fingerprint density at radius 2 is 2.06 bits per heavy atom. The number of rotatable bonds is 4. The van der Waals surface area contributed by atoms with Gasteiger partial charge in [0, 0.05) is 12.0 Å². The molecule has 1 N–H and O–H groups in total. The maximum Gasteiger partial charge on any atom is 0.314 e. The van der Waals surface area contributed by atoms with Gasteiger partial charge in [0.1, 0.15) is 11.3 Å². The molecule has 0 amide bonds. The molecule has 32 heavy (non-hydrogen) atoms. The van der Waals surface area contributed by atoms with Crippen LogP contribution in [-0.4, -0.2) is 27.5 Å². The van der Waals surface area contributed by atoms with Crippen molar-refractivity contribution < 1.29 is 23.4 Å². The summed E-state index contributed by atoms with van der Waals surface area (Å²) in [5.41, 5.74) is 0.496. The Balaban J connectivity index is 1.54. The van der Waals surface area contributed by atoms with E-state index in [0.717, 1.165) is 19.3 Å². The molecular formula is C25H26F2N2O3. The molecule has 5 rings (SSSR count). The summed E-state index contributed by atoms with van der Waals surface area (Å²) in [7, 11) is 0. The van der Waals surface area contributed by atoms with Crippen molar-refractivity contribution in [3.05, 3.63) is 64.9 Å². The lowest BCUT2D eigenvalue weighted by Crippen LogP contribution is -2.34. The summed E-state index contributed by atoms with van der Waals surface area (Å²) < 4.78 is 37.5. The molecule has 2 aromatic carbocycles. The Labute approximate surface area is 185 Å². The summed E-state index contributed by atoms with van der Waals surface area (Å²) in [6.45, 7) is 2.24. The highest BCUT2D eigenvalue weighted by atomic mass is 19.1. The second-order valence-corrected chi connectivity index (χ2v) is 9.06. The van der Waals surface area contributed by atoms with Gasteiger partial charge in [0.15, 0.2) is 12.0 Å². The third-order valence-corrected chi connectivity index (χ3v) is 7.30. The van der Waals surface area contributed by atoms with Gasteiger partial charge >= 0.3 is 5.97 Å². The van der Waals surface area contributed by atoms with Gasteiger partial charge in [0.2, 0.25) is 0 Å². The van der Waals surface area contributed by atoms with Crippen LogP contribution < -0.4 is 0 Å². The minimum Gasteiger partial charge on any atom is -0.481 e. The first-order valence-electron chi connectivity index (χ1n) is 11.2. The van der Waals surface area contributed by atoms with Crippen molar-refractivity contribution in [3.8, 4) is 0 Å². The van der Waals surface area contributed by atoms with Crippen molar-refractivity contribution in [2.24, 2.45) is 0 Å². The lowest BCUT2D eigenvalue weighted by atomic mass is 9.75. The lowest BCUT2D eigenvalue weighted by Gasteiger charge is -2.27. The maximum atomic E-state index is 15.8. The molecular weight excluding hydrogens is 414 g/mol. The molecule has 5 nitrogen and oxygen atoms in total. The van der Waals surface area contributed by atoms with Crippen molar-refractivity contribution in [2.75, 3.05) is 6.61 Å². The lowest BCUT2D eigenvalue weighted by molar-refractivity contribution is -0.143. The van der Waals surface area contributed by atoms with Crippen molar-refractivity contribution in [1.82, 2.24) is 9.78 Å². The highest BCUT2D eigenvalue weighted by molar-refractivity contribution is 5.83. The number of fused-ring (bicyclic) bond motifs is 1. The van der Waals surface area contributed by atoms with E-state index in [1.165, 1.54) is 6.07 Å². The standard InChI is InChI=1S/C25H26F2N2O3/c1-15-19(5-4-6-20(15)26)25(24(30)31)11-10-16(13-25)18-9-8-17-14-28-29(23(17)22(18)27)21-7-2-3-12-32-21/h4-6,8-9,14,16,21H,2-3,7,10-13H2,1H3,(H,30,31)/t16-,21?,25+/m1/s1. The molecule has 0 spiro atoms. The van der Waals surface area contributed by atoms with E-state index in [1.54, 1.807) is 36.0 Å². The van der Waals surface area contributed by atoms with Crippen LogP contribution in [0.15, 0.2) is 36.5 Å². The molecule has 1 aliphatic carbocycles. The van der Waals surface area contributed by atoms with Crippen LogP contribution in [0.2, 0.25) is 0 Å². The molecule has 3 aromatic rings. The molecule has 168 valence electrons. The summed E-state index contributed by atoms with van der Waals surface area (Å²) in [5.74, 6) is -2.06. The number of carbonyl (C=O) groups is 1. The first-order valence-corrected chi connectivity index (χ1v) is 11.2. The Kier molecular flexibility index (Phi) is 5.24. The Hall–Kier alpha value is -2.80. The zero-order valence-corrected chi connectivity index (χ0v) is 18.0. The monoisotopic (exact) mass is 440 g/mol. The number of benzene rings is 2. The number of carboxylic acids is 1. The second kappa shape index (κ2) is 7.96. The highest BCUT2D eigenvalue weighted by Gasteiger charge is 2.48. The average Bonchev–Trinajstić information content (AvgIpc) is 3.43. The van der Waals surface area contributed by atoms with Crippen LogP contribution in [0.4, 0.5) is 8.78 Å². The normalized spacial score (nSPS) is 26.0. The van der Waals surface area contributed by atoms with Crippen molar-refractivity contribution >= 4 is 16.9 Å². The number of hydrogen-bond donors (Lipinski definition) is 1. The SMILES string of the molecule is Cc1c(F)cccc1[C@]1(C(=O)O)CC[C@@H](c2ccc3cnn(C4CCCCO4)c3c2F)C1. The summed E-state index contributed by atoms with van der Waals surface area (Å²) in [5, 5.41) is 15.3. The molecule has 1 aromatic heterocycles. The van der Waals surface area contributed by atoms with Gasteiger partial charge in [-0.3, -0.25) is 4.79 Å². The van der Waals surface area contributed by atoms with E-state index in [-0.39, 0.29) is 24.4 Å². The van der Waals surface area contributed by atoms with E-state index in [0.29, 0.717) is 47.0 Å². The first-order chi connectivity index (χ1) is 15.4. The largest absolute Gasteiger partial charge is 0.481 e. The number of hydrogen-bond acceptors (Lipinski definition) is 3. The van der Waals surface area contributed by atoms with E-state index in [2.05, 4.69) is 5.10 Å². The topological polar surface area (TPSA) is 64.3 Å². The average molecular weight is 440 g/mol. The zero-order chi connectivity index (χ0) is 22.5. The van der Waals surface area contributed by atoms with E-state index in [9.17, 15) is 14.3 Å². The van der Waals surface area contributed by atoms with E-state index in [1.807, 2.05) is 6.07 Å². The smallest absolute Gasteiger partial charge is 0.314 e. The van der Waals surface area contributed by atoms with Gasteiger partial charge in [-0.1, -0.05) is 24.3 Å².